The molecular formula is C29H32F2N6O6S. The summed E-state index contributed by atoms with van der Waals surface area (Å²) in [5, 5.41) is 13.6. The van der Waals surface area contributed by atoms with Crippen molar-refractivity contribution in [2.24, 2.45) is 0 Å². The Balaban J connectivity index is 1.96. The lowest BCUT2D eigenvalue weighted by Gasteiger charge is -2.24. The Kier molecular flexibility index (Phi) is 11.0. The third-order valence-electron chi connectivity index (χ3n) is 6.31. The first-order valence-electron chi connectivity index (χ1n) is 13.3. The van der Waals surface area contributed by atoms with Crippen molar-refractivity contribution in [1.82, 2.24) is 14.9 Å². The van der Waals surface area contributed by atoms with Crippen LogP contribution in [0.3, 0.4) is 0 Å². The maximum absolute atomic E-state index is 14.4. The van der Waals surface area contributed by atoms with Gasteiger partial charge in [0, 0.05) is 39.7 Å². The molecule has 2 unspecified atom stereocenters. The van der Waals surface area contributed by atoms with Crippen molar-refractivity contribution < 1.29 is 36.6 Å². The number of benzene rings is 2. The molecule has 0 aliphatic rings. The van der Waals surface area contributed by atoms with Crippen molar-refractivity contribution in [3.05, 3.63) is 65.9 Å². The summed E-state index contributed by atoms with van der Waals surface area (Å²) in [6.07, 6.45) is 6.12. The van der Waals surface area contributed by atoms with Crippen molar-refractivity contribution in [1.29, 1.82) is 0 Å². The van der Waals surface area contributed by atoms with Gasteiger partial charge in [0.05, 0.1) is 11.9 Å². The van der Waals surface area contributed by atoms with Gasteiger partial charge in [0.15, 0.2) is 11.2 Å². The molecule has 1 aromatic heterocycles. The van der Waals surface area contributed by atoms with Gasteiger partial charge < -0.3 is 30.3 Å². The Labute approximate surface area is 254 Å². The zero-order chi connectivity index (χ0) is 32.6. The van der Waals surface area contributed by atoms with Crippen LogP contribution in [-0.4, -0.2) is 79.1 Å². The Morgan fingerprint density at radius 2 is 1.75 bits per heavy atom. The summed E-state index contributed by atoms with van der Waals surface area (Å²) >= 11 is 0. The van der Waals surface area contributed by atoms with Gasteiger partial charge in [-0.05, 0) is 43.7 Å². The molecule has 2 aromatic carbocycles. The molecule has 3 rings (SSSR count). The Morgan fingerprint density at radius 3 is 2.30 bits per heavy atom. The molecule has 0 fully saturated rings. The summed E-state index contributed by atoms with van der Waals surface area (Å²) < 4.78 is 59.5. The van der Waals surface area contributed by atoms with Crippen LogP contribution < -0.4 is 20.3 Å². The molecule has 0 saturated carbocycles. The number of amides is 1. The second kappa shape index (κ2) is 14.5. The molecule has 2 atom stereocenters. The van der Waals surface area contributed by atoms with Gasteiger partial charge in [-0.3, -0.25) is 0 Å². The fourth-order valence-electron chi connectivity index (χ4n) is 3.92. The fraction of sp³-hybridized carbons (Fsp3) is 0.310. The predicted molar refractivity (Wildman–Crippen MR) is 160 cm³/mol. The average molecular weight is 631 g/mol. The number of hydrogen-bond donors (Lipinski definition) is 3. The third kappa shape index (κ3) is 8.10. The maximum atomic E-state index is 14.4. The van der Waals surface area contributed by atoms with Crippen LogP contribution in [0.1, 0.15) is 19.4 Å². The van der Waals surface area contributed by atoms with Crippen LogP contribution in [-0.2, 0) is 21.1 Å². The van der Waals surface area contributed by atoms with Crippen molar-refractivity contribution in [3.63, 3.8) is 0 Å². The number of terminal acetylenes is 1. The van der Waals surface area contributed by atoms with E-state index in [0.29, 0.717) is 24.7 Å². The first kappa shape index (κ1) is 33.5. The largest absolute Gasteiger partial charge is 0.480 e. The fourth-order valence-corrected chi connectivity index (χ4v) is 5.22. The SMILES string of the molecule is C#CC(Nc1cnc(N(CC)CC)nc1NC(Cc1ccc(OC(=O)N(C)C)cc1)C(=O)O)S(=O)(=O)c1ccc(F)cc1F. The molecule has 15 heteroatoms. The topological polar surface area (TPSA) is 154 Å². The number of nitrogens with one attached hydrogen (secondary N) is 2. The van der Waals surface area contributed by atoms with Crippen LogP contribution >= 0.6 is 0 Å². The molecule has 0 aliphatic heterocycles. The molecule has 0 spiro atoms. The molecule has 1 heterocycles. The van der Waals surface area contributed by atoms with Crippen molar-refractivity contribution >= 4 is 39.4 Å². The number of sulfone groups is 1. The summed E-state index contributed by atoms with van der Waals surface area (Å²) in [7, 11) is -1.54. The number of ether oxygens (including phenoxy) is 1. The van der Waals surface area contributed by atoms with Gasteiger partial charge in [-0.2, -0.15) is 4.98 Å². The van der Waals surface area contributed by atoms with E-state index in [1.807, 2.05) is 13.8 Å². The number of carboxylic acids is 1. The molecule has 3 N–H and O–H groups in total. The first-order valence-corrected chi connectivity index (χ1v) is 14.9. The van der Waals surface area contributed by atoms with E-state index in [9.17, 15) is 31.9 Å². The van der Waals surface area contributed by atoms with E-state index in [1.54, 1.807) is 17.0 Å². The third-order valence-corrected chi connectivity index (χ3v) is 8.13. The number of carboxylic acid groups (broad SMARTS) is 1. The number of rotatable bonds is 13. The second-order valence-corrected chi connectivity index (χ2v) is 11.6. The first-order chi connectivity index (χ1) is 20.8. The zero-order valence-electron chi connectivity index (χ0n) is 24.4. The number of aliphatic carboxylic acids is 1. The minimum atomic E-state index is -4.60. The monoisotopic (exact) mass is 630 g/mol. The summed E-state index contributed by atoms with van der Waals surface area (Å²) in [6.45, 7) is 4.76. The molecule has 3 aromatic rings. The number of anilines is 3. The van der Waals surface area contributed by atoms with Crippen LogP contribution in [0.4, 0.5) is 31.0 Å². The van der Waals surface area contributed by atoms with Crippen LogP contribution in [0, 0.1) is 24.0 Å². The van der Waals surface area contributed by atoms with Gasteiger partial charge in [-0.15, -0.1) is 6.42 Å². The number of carbonyl (C=O) groups excluding carboxylic acids is 1. The van der Waals surface area contributed by atoms with Crippen molar-refractivity contribution in [2.45, 2.75) is 36.6 Å². The van der Waals surface area contributed by atoms with Gasteiger partial charge in [0.2, 0.25) is 15.8 Å². The summed E-state index contributed by atoms with van der Waals surface area (Å²) in [5.41, 5.74) is 0.491. The maximum Gasteiger partial charge on any atom is 0.414 e. The number of aromatic nitrogens is 2. The van der Waals surface area contributed by atoms with E-state index in [2.05, 4.69) is 26.5 Å². The predicted octanol–water partition coefficient (Wildman–Crippen LogP) is 3.61. The van der Waals surface area contributed by atoms with Crippen LogP contribution in [0.15, 0.2) is 53.6 Å². The number of nitrogens with zero attached hydrogens (tertiary/aromatic N) is 4. The zero-order valence-corrected chi connectivity index (χ0v) is 25.2. The highest BCUT2D eigenvalue weighted by molar-refractivity contribution is 7.92. The van der Waals surface area contributed by atoms with E-state index in [-0.39, 0.29) is 29.6 Å². The van der Waals surface area contributed by atoms with E-state index < -0.39 is 49.8 Å². The second-order valence-electron chi connectivity index (χ2n) is 9.56. The molecule has 44 heavy (non-hydrogen) atoms. The summed E-state index contributed by atoms with van der Waals surface area (Å²) in [6, 6.07) is 6.91. The molecule has 0 saturated heterocycles. The van der Waals surface area contributed by atoms with Gasteiger partial charge in [-0.1, -0.05) is 18.1 Å². The number of carbonyl (C=O) groups is 2. The summed E-state index contributed by atoms with van der Waals surface area (Å²) in [5.74, 6) is -1.09. The van der Waals surface area contributed by atoms with E-state index in [1.165, 1.54) is 37.3 Å². The standard InChI is InChI=1S/C29H32F2N6O6S/c1-6-25(44(41,42)24-14-11-19(30)16-21(24)31)33-23-17-32-28(37(7-2)8-3)35-26(23)34-22(27(38)39)15-18-9-12-20(13-10-18)43-29(40)36(4)5/h1,9-14,16-17,22,25,33H,7-8,15H2,2-5H3,(H,38,39)(H,32,34,35). The molecule has 0 bridgehead atoms. The molecule has 0 aliphatic carbocycles. The molecular weight excluding hydrogens is 598 g/mol. The minimum absolute atomic E-state index is 0.0566. The van der Waals surface area contributed by atoms with Crippen LogP contribution in [0.5, 0.6) is 5.75 Å². The lowest BCUT2D eigenvalue weighted by molar-refractivity contribution is -0.137. The van der Waals surface area contributed by atoms with Crippen molar-refractivity contribution in [2.75, 3.05) is 42.7 Å². The number of hydrogen-bond acceptors (Lipinski definition) is 10. The quantitative estimate of drug-likeness (QED) is 0.187. The van der Waals surface area contributed by atoms with Gasteiger partial charge in [0.25, 0.3) is 0 Å². The average Bonchev–Trinajstić information content (AvgIpc) is 2.97. The minimum Gasteiger partial charge on any atom is -0.480 e. The Hall–Kier alpha value is -4.97. The lowest BCUT2D eigenvalue weighted by atomic mass is 10.1. The Bertz CT molecular complexity index is 1640. The highest BCUT2D eigenvalue weighted by Gasteiger charge is 2.31. The Morgan fingerprint density at radius 1 is 1.09 bits per heavy atom. The molecule has 234 valence electrons. The van der Waals surface area contributed by atoms with Crippen molar-refractivity contribution in [3.8, 4) is 18.1 Å². The van der Waals surface area contributed by atoms with Gasteiger partial charge in [0.1, 0.15) is 28.3 Å². The highest BCUT2D eigenvalue weighted by Crippen LogP contribution is 2.27. The van der Waals surface area contributed by atoms with E-state index >= 15 is 0 Å². The normalized spacial score (nSPS) is 12.4. The number of halogens is 2. The molecule has 0 radical (unpaired) electrons. The molecule has 12 nitrogen and oxygen atoms in total. The lowest BCUT2D eigenvalue weighted by Crippen LogP contribution is -2.34. The smallest absolute Gasteiger partial charge is 0.414 e. The molecule has 1 amide bonds. The van der Waals surface area contributed by atoms with Gasteiger partial charge >= 0.3 is 12.1 Å². The summed E-state index contributed by atoms with van der Waals surface area (Å²) in [4.78, 5) is 35.0. The van der Waals surface area contributed by atoms with E-state index in [4.69, 9.17) is 11.2 Å². The van der Waals surface area contributed by atoms with E-state index in [0.717, 1.165) is 12.1 Å². The van der Waals surface area contributed by atoms with Gasteiger partial charge in [-0.25, -0.2) is 31.8 Å². The van der Waals surface area contributed by atoms with Crippen LogP contribution in [0.2, 0.25) is 0 Å². The van der Waals surface area contributed by atoms with Crippen LogP contribution in [0.25, 0.3) is 0 Å². The highest BCUT2D eigenvalue weighted by atomic mass is 32.2.